The van der Waals surface area contributed by atoms with E-state index in [0.717, 1.165) is 31.6 Å². The number of nitrogens with one attached hydrogen (secondary N) is 1. The molecule has 20 heavy (non-hydrogen) atoms. The normalized spacial score (nSPS) is 28.6. The summed E-state index contributed by atoms with van der Waals surface area (Å²) in [4.78, 5) is 14.0. The second kappa shape index (κ2) is 5.44. The van der Waals surface area contributed by atoms with Crippen LogP contribution in [0.1, 0.15) is 37.8 Å². The maximum atomic E-state index is 11.5. The van der Waals surface area contributed by atoms with Crippen LogP contribution in [0, 0.1) is 5.92 Å². The summed E-state index contributed by atoms with van der Waals surface area (Å²) < 4.78 is 0. The highest BCUT2D eigenvalue weighted by molar-refractivity contribution is 5.77. The number of benzene rings is 1. The van der Waals surface area contributed by atoms with Gasteiger partial charge < -0.3 is 11.1 Å². The molecule has 4 nitrogen and oxygen atoms in total. The molecule has 3 rings (SSSR count). The summed E-state index contributed by atoms with van der Waals surface area (Å²) in [6.45, 7) is 4.39. The number of piperidine rings is 2. The van der Waals surface area contributed by atoms with Crippen LogP contribution in [-0.2, 0) is 4.79 Å². The molecule has 3 unspecified atom stereocenters. The summed E-state index contributed by atoms with van der Waals surface area (Å²) in [5, 5.41) is 3.14. The first kappa shape index (κ1) is 13.4. The monoisotopic (exact) mass is 273 g/mol. The van der Waals surface area contributed by atoms with Gasteiger partial charge in [-0.1, -0.05) is 12.1 Å². The third-order valence-corrected chi connectivity index (χ3v) is 4.82. The minimum absolute atomic E-state index is 0.228. The molecule has 2 aliphatic heterocycles. The van der Waals surface area contributed by atoms with Gasteiger partial charge in [0.2, 0.25) is 5.91 Å². The van der Waals surface area contributed by atoms with Gasteiger partial charge in [0.15, 0.2) is 0 Å². The van der Waals surface area contributed by atoms with Gasteiger partial charge in [-0.05, 0) is 43.4 Å². The summed E-state index contributed by atoms with van der Waals surface area (Å²) >= 11 is 0. The average molecular weight is 273 g/mol. The van der Waals surface area contributed by atoms with Crippen LogP contribution in [0.2, 0.25) is 0 Å². The fourth-order valence-corrected chi connectivity index (χ4v) is 3.48. The van der Waals surface area contributed by atoms with Gasteiger partial charge in [0.1, 0.15) is 0 Å². The number of likely N-dealkylation sites (tertiary alicyclic amines) is 1. The molecule has 2 heterocycles. The van der Waals surface area contributed by atoms with Gasteiger partial charge in [0, 0.05) is 37.3 Å². The zero-order chi connectivity index (χ0) is 14.1. The number of anilines is 1. The fraction of sp³-hybridized carbons (Fsp3) is 0.562. The van der Waals surface area contributed by atoms with E-state index in [2.05, 4.69) is 29.3 Å². The van der Waals surface area contributed by atoms with E-state index in [-0.39, 0.29) is 5.91 Å². The van der Waals surface area contributed by atoms with Crippen LogP contribution in [-0.4, -0.2) is 29.9 Å². The van der Waals surface area contributed by atoms with E-state index in [1.807, 2.05) is 12.1 Å². The number of amides is 1. The molecule has 0 aromatic heterocycles. The molecule has 2 fully saturated rings. The van der Waals surface area contributed by atoms with Crippen LogP contribution in [0.25, 0.3) is 0 Å². The number of nitrogen functional groups attached to an aromatic ring is 1. The second-order valence-corrected chi connectivity index (χ2v) is 6.10. The predicted molar refractivity (Wildman–Crippen MR) is 80.1 cm³/mol. The lowest BCUT2D eigenvalue weighted by Gasteiger charge is -2.43. The van der Waals surface area contributed by atoms with E-state index in [1.165, 1.54) is 5.56 Å². The number of hydrogen-bond donors (Lipinski definition) is 2. The zero-order valence-electron chi connectivity index (χ0n) is 12.0. The molecule has 0 bridgehead atoms. The molecule has 108 valence electrons. The number of fused-ring (bicyclic) bond motifs is 1. The van der Waals surface area contributed by atoms with Crippen molar-refractivity contribution in [3.8, 4) is 0 Å². The Bertz CT molecular complexity index is 485. The molecule has 2 aliphatic rings. The van der Waals surface area contributed by atoms with Crippen molar-refractivity contribution in [2.24, 2.45) is 5.92 Å². The van der Waals surface area contributed by atoms with E-state index in [1.54, 1.807) is 0 Å². The fourth-order valence-electron chi connectivity index (χ4n) is 3.48. The van der Waals surface area contributed by atoms with Crippen LogP contribution in [0.3, 0.4) is 0 Å². The Labute approximate surface area is 120 Å². The van der Waals surface area contributed by atoms with Gasteiger partial charge in [-0.25, -0.2) is 0 Å². The highest BCUT2D eigenvalue weighted by Crippen LogP contribution is 2.30. The van der Waals surface area contributed by atoms with Crippen molar-refractivity contribution in [2.45, 2.75) is 38.3 Å². The number of nitrogens with two attached hydrogens (primary N) is 1. The second-order valence-electron chi connectivity index (χ2n) is 6.10. The van der Waals surface area contributed by atoms with Crippen molar-refractivity contribution in [3.63, 3.8) is 0 Å². The molecule has 0 spiro atoms. The highest BCUT2D eigenvalue weighted by atomic mass is 16.1. The Hall–Kier alpha value is -1.55. The van der Waals surface area contributed by atoms with Crippen LogP contribution in [0.15, 0.2) is 24.3 Å². The van der Waals surface area contributed by atoms with Crippen LogP contribution >= 0.6 is 0 Å². The Morgan fingerprint density at radius 1 is 1.30 bits per heavy atom. The predicted octanol–water partition coefficient (Wildman–Crippen LogP) is 1.93. The summed E-state index contributed by atoms with van der Waals surface area (Å²) in [5.41, 5.74) is 7.88. The Kier molecular flexibility index (Phi) is 3.66. The van der Waals surface area contributed by atoms with Crippen molar-refractivity contribution in [1.82, 2.24) is 10.2 Å². The molecular weight excluding hydrogens is 250 g/mol. The number of carbonyl (C=O) groups is 1. The first-order valence-electron chi connectivity index (χ1n) is 7.52. The lowest BCUT2D eigenvalue weighted by Crippen LogP contribution is -2.54. The quantitative estimate of drug-likeness (QED) is 0.810. The van der Waals surface area contributed by atoms with Crippen molar-refractivity contribution in [2.75, 3.05) is 18.8 Å². The molecule has 0 radical (unpaired) electrons. The molecular formula is C16H23N3O. The minimum atomic E-state index is 0.228. The first-order chi connectivity index (χ1) is 9.63. The Morgan fingerprint density at radius 2 is 2.05 bits per heavy atom. The molecule has 4 heteroatoms. The van der Waals surface area contributed by atoms with Crippen molar-refractivity contribution in [1.29, 1.82) is 0 Å². The van der Waals surface area contributed by atoms with Crippen molar-refractivity contribution < 1.29 is 4.79 Å². The number of hydrogen-bond acceptors (Lipinski definition) is 3. The number of carbonyl (C=O) groups excluding carboxylic acids is 1. The first-order valence-corrected chi connectivity index (χ1v) is 7.52. The van der Waals surface area contributed by atoms with E-state index < -0.39 is 0 Å². The summed E-state index contributed by atoms with van der Waals surface area (Å²) in [5.74, 6) is 0.837. The van der Waals surface area contributed by atoms with Gasteiger partial charge in [-0.15, -0.1) is 0 Å². The lowest BCUT2D eigenvalue weighted by molar-refractivity contribution is -0.125. The summed E-state index contributed by atoms with van der Waals surface area (Å²) in [6, 6.07) is 8.99. The largest absolute Gasteiger partial charge is 0.399 e. The molecule has 3 atom stereocenters. The van der Waals surface area contributed by atoms with Crippen molar-refractivity contribution in [3.05, 3.63) is 29.8 Å². The molecule has 3 N–H and O–H groups in total. The molecule has 1 amide bonds. The molecule has 0 aliphatic carbocycles. The van der Waals surface area contributed by atoms with E-state index in [9.17, 15) is 4.79 Å². The topological polar surface area (TPSA) is 58.4 Å². The van der Waals surface area contributed by atoms with E-state index in [4.69, 9.17) is 5.73 Å². The summed E-state index contributed by atoms with van der Waals surface area (Å²) in [6.07, 6.45) is 2.78. The molecule has 0 saturated carbocycles. The van der Waals surface area contributed by atoms with Crippen LogP contribution < -0.4 is 11.1 Å². The van der Waals surface area contributed by atoms with E-state index in [0.29, 0.717) is 24.4 Å². The third kappa shape index (κ3) is 2.66. The van der Waals surface area contributed by atoms with Gasteiger partial charge in [0.25, 0.3) is 0 Å². The smallest absolute Gasteiger partial charge is 0.220 e. The Balaban J connectivity index is 1.66. The van der Waals surface area contributed by atoms with Gasteiger partial charge in [-0.3, -0.25) is 9.69 Å². The van der Waals surface area contributed by atoms with Gasteiger partial charge >= 0.3 is 0 Å². The maximum Gasteiger partial charge on any atom is 0.220 e. The minimum Gasteiger partial charge on any atom is -0.399 e. The molecule has 2 saturated heterocycles. The Morgan fingerprint density at radius 3 is 2.80 bits per heavy atom. The van der Waals surface area contributed by atoms with Gasteiger partial charge in [0.05, 0.1) is 0 Å². The molecule has 1 aromatic rings. The van der Waals surface area contributed by atoms with Crippen LogP contribution in [0.5, 0.6) is 0 Å². The summed E-state index contributed by atoms with van der Waals surface area (Å²) in [7, 11) is 0. The highest BCUT2D eigenvalue weighted by Gasteiger charge is 2.35. The van der Waals surface area contributed by atoms with Crippen molar-refractivity contribution >= 4 is 11.6 Å². The standard InChI is InChI=1S/C16H23N3O/c1-11(12-2-5-14(17)6-3-12)19-9-8-15-13(10-19)4-7-16(20)18-15/h2-3,5-6,11,13,15H,4,7-10,17H2,1H3,(H,18,20). The zero-order valence-corrected chi connectivity index (χ0v) is 12.0. The van der Waals surface area contributed by atoms with Crippen LogP contribution in [0.4, 0.5) is 5.69 Å². The lowest BCUT2D eigenvalue weighted by atomic mass is 9.84. The average Bonchev–Trinajstić information content (AvgIpc) is 2.47. The SMILES string of the molecule is CC(c1ccc(N)cc1)N1CCC2NC(=O)CCC2C1. The van der Waals surface area contributed by atoms with E-state index >= 15 is 0 Å². The van der Waals surface area contributed by atoms with Gasteiger partial charge in [-0.2, -0.15) is 0 Å². The maximum absolute atomic E-state index is 11.5. The number of nitrogens with zero attached hydrogens (tertiary/aromatic N) is 1. The number of rotatable bonds is 2. The third-order valence-electron chi connectivity index (χ3n) is 4.82. The molecule has 1 aromatic carbocycles.